The predicted octanol–water partition coefficient (Wildman–Crippen LogP) is 2.04. The van der Waals surface area contributed by atoms with E-state index in [-0.39, 0.29) is 29.2 Å². The first-order chi connectivity index (χ1) is 8.58. The van der Waals surface area contributed by atoms with Gasteiger partial charge in [-0.05, 0) is 24.2 Å². The molecule has 2 atom stereocenters. The first-order valence-corrected chi connectivity index (χ1v) is 7.18. The van der Waals surface area contributed by atoms with Crippen LogP contribution >= 0.6 is 0 Å². The molecule has 4 heteroatoms. The third-order valence-electron chi connectivity index (χ3n) is 4.39. The molecular weight excluding hydrogens is 240 g/mol. The van der Waals surface area contributed by atoms with E-state index in [4.69, 9.17) is 0 Å². The molecule has 0 aromatic heterocycles. The standard InChI is InChI=1S/C15H28N2O2/c1-9(2)12-13(18)16-11(5)14(19)17(12)8-15(6,7)10(3)4/h9-12H,8H2,1-7H3,(H,16,18). The minimum atomic E-state index is -0.412. The number of hydrogen-bond acceptors (Lipinski definition) is 2. The van der Waals surface area contributed by atoms with Crippen LogP contribution in [-0.2, 0) is 9.59 Å². The van der Waals surface area contributed by atoms with Gasteiger partial charge in [0.15, 0.2) is 0 Å². The number of hydrogen-bond donors (Lipinski definition) is 1. The van der Waals surface area contributed by atoms with Crippen molar-refractivity contribution in [2.24, 2.45) is 17.3 Å². The zero-order valence-corrected chi connectivity index (χ0v) is 13.3. The Kier molecular flexibility index (Phi) is 4.64. The number of piperazine rings is 1. The molecule has 0 aliphatic carbocycles. The van der Waals surface area contributed by atoms with E-state index in [1.807, 2.05) is 13.8 Å². The second-order valence-corrected chi connectivity index (χ2v) is 7.03. The van der Waals surface area contributed by atoms with Crippen molar-refractivity contribution in [3.05, 3.63) is 0 Å². The Balaban J connectivity index is 3.03. The minimum absolute atomic E-state index is 0.000139. The van der Waals surface area contributed by atoms with Gasteiger partial charge in [-0.15, -0.1) is 0 Å². The van der Waals surface area contributed by atoms with Crippen molar-refractivity contribution in [3.63, 3.8) is 0 Å². The fraction of sp³-hybridized carbons (Fsp3) is 0.867. The lowest BCUT2D eigenvalue weighted by Crippen LogP contribution is -2.65. The molecule has 110 valence electrons. The van der Waals surface area contributed by atoms with Crippen molar-refractivity contribution in [2.75, 3.05) is 6.54 Å². The quantitative estimate of drug-likeness (QED) is 0.848. The molecule has 1 rings (SSSR count). The molecule has 0 spiro atoms. The molecule has 0 saturated carbocycles. The van der Waals surface area contributed by atoms with Crippen LogP contribution < -0.4 is 5.32 Å². The van der Waals surface area contributed by atoms with Crippen LogP contribution in [0.2, 0.25) is 0 Å². The summed E-state index contributed by atoms with van der Waals surface area (Å²) in [6, 6.07) is -0.757. The van der Waals surface area contributed by atoms with Crippen molar-refractivity contribution in [2.45, 2.75) is 60.5 Å². The first-order valence-electron chi connectivity index (χ1n) is 7.18. The van der Waals surface area contributed by atoms with Gasteiger partial charge in [-0.25, -0.2) is 0 Å². The van der Waals surface area contributed by atoms with E-state index in [1.54, 1.807) is 11.8 Å². The van der Waals surface area contributed by atoms with Crippen LogP contribution in [0.3, 0.4) is 0 Å². The van der Waals surface area contributed by atoms with E-state index in [1.165, 1.54) is 0 Å². The number of amides is 2. The lowest BCUT2D eigenvalue weighted by atomic mass is 9.79. The highest BCUT2D eigenvalue weighted by Gasteiger charge is 2.42. The Morgan fingerprint density at radius 3 is 2.16 bits per heavy atom. The monoisotopic (exact) mass is 268 g/mol. The fourth-order valence-corrected chi connectivity index (χ4v) is 2.35. The summed E-state index contributed by atoms with van der Waals surface area (Å²) in [7, 11) is 0. The van der Waals surface area contributed by atoms with Crippen molar-refractivity contribution < 1.29 is 9.59 Å². The maximum Gasteiger partial charge on any atom is 0.245 e. The van der Waals surface area contributed by atoms with Gasteiger partial charge in [0.2, 0.25) is 11.8 Å². The second kappa shape index (κ2) is 5.51. The molecule has 1 saturated heterocycles. The Morgan fingerprint density at radius 2 is 1.74 bits per heavy atom. The number of rotatable bonds is 4. The van der Waals surface area contributed by atoms with Crippen LogP contribution in [0.15, 0.2) is 0 Å². The Bertz CT molecular complexity index is 361. The average molecular weight is 268 g/mol. The molecule has 1 N–H and O–H groups in total. The largest absolute Gasteiger partial charge is 0.343 e. The van der Waals surface area contributed by atoms with Crippen molar-refractivity contribution in [1.29, 1.82) is 0 Å². The summed E-state index contributed by atoms with van der Waals surface area (Å²) in [6.45, 7) is 15.0. The van der Waals surface area contributed by atoms with Gasteiger partial charge in [0, 0.05) is 6.54 Å². The van der Waals surface area contributed by atoms with E-state index in [9.17, 15) is 9.59 Å². The molecule has 2 unspecified atom stereocenters. The highest BCUT2D eigenvalue weighted by atomic mass is 16.2. The average Bonchev–Trinajstić information content (AvgIpc) is 2.24. The van der Waals surface area contributed by atoms with E-state index >= 15 is 0 Å². The van der Waals surface area contributed by atoms with Gasteiger partial charge >= 0.3 is 0 Å². The zero-order valence-electron chi connectivity index (χ0n) is 13.3. The van der Waals surface area contributed by atoms with Gasteiger partial charge in [-0.3, -0.25) is 9.59 Å². The summed E-state index contributed by atoms with van der Waals surface area (Å²) in [6.07, 6.45) is 0. The third-order valence-corrected chi connectivity index (χ3v) is 4.39. The lowest BCUT2D eigenvalue weighted by Gasteiger charge is -2.44. The number of carbonyl (C=O) groups is 2. The second-order valence-electron chi connectivity index (χ2n) is 7.03. The SMILES string of the molecule is CC1NC(=O)C(C(C)C)N(CC(C)(C)C(C)C)C1=O. The van der Waals surface area contributed by atoms with Crippen molar-refractivity contribution in [3.8, 4) is 0 Å². The van der Waals surface area contributed by atoms with Crippen LogP contribution in [0, 0.1) is 17.3 Å². The van der Waals surface area contributed by atoms with Gasteiger partial charge in [-0.1, -0.05) is 41.5 Å². The molecule has 1 heterocycles. The normalized spacial score (nSPS) is 25.2. The Morgan fingerprint density at radius 1 is 1.21 bits per heavy atom. The number of nitrogens with one attached hydrogen (secondary N) is 1. The van der Waals surface area contributed by atoms with E-state index in [0.29, 0.717) is 12.5 Å². The molecule has 1 aliphatic heterocycles. The van der Waals surface area contributed by atoms with Crippen molar-refractivity contribution >= 4 is 11.8 Å². The molecular formula is C15H28N2O2. The smallest absolute Gasteiger partial charge is 0.245 e. The molecule has 0 aromatic rings. The number of nitrogens with zero attached hydrogens (tertiary/aromatic N) is 1. The Labute approximate surface area is 116 Å². The summed E-state index contributed by atoms with van der Waals surface area (Å²) in [5, 5.41) is 2.78. The van der Waals surface area contributed by atoms with Gasteiger partial charge < -0.3 is 10.2 Å². The summed E-state index contributed by atoms with van der Waals surface area (Å²) < 4.78 is 0. The molecule has 19 heavy (non-hydrogen) atoms. The minimum Gasteiger partial charge on any atom is -0.343 e. The molecule has 4 nitrogen and oxygen atoms in total. The van der Waals surface area contributed by atoms with Gasteiger partial charge in [0.05, 0.1) is 0 Å². The molecule has 0 bridgehead atoms. The predicted molar refractivity (Wildman–Crippen MR) is 76.6 cm³/mol. The zero-order chi connectivity index (χ0) is 15.0. The lowest BCUT2D eigenvalue weighted by molar-refractivity contribution is -0.152. The van der Waals surface area contributed by atoms with Crippen molar-refractivity contribution in [1.82, 2.24) is 10.2 Å². The maximum atomic E-state index is 12.4. The molecule has 1 aliphatic rings. The maximum absolute atomic E-state index is 12.4. The highest BCUT2D eigenvalue weighted by molar-refractivity contribution is 5.96. The van der Waals surface area contributed by atoms with E-state index < -0.39 is 6.04 Å². The Hall–Kier alpha value is -1.06. The highest BCUT2D eigenvalue weighted by Crippen LogP contribution is 2.30. The summed E-state index contributed by atoms with van der Waals surface area (Å²) >= 11 is 0. The summed E-state index contributed by atoms with van der Waals surface area (Å²) in [4.78, 5) is 26.3. The van der Waals surface area contributed by atoms with E-state index in [0.717, 1.165) is 0 Å². The van der Waals surface area contributed by atoms with Gasteiger partial charge in [0.1, 0.15) is 12.1 Å². The van der Waals surface area contributed by atoms with Crippen LogP contribution in [-0.4, -0.2) is 35.3 Å². The van der Waals surface area contributed by atoms with Crippen LogP contribution in [0.1, 0.15) is 48.5 Å². The molecule has 0 aromatic carbocycles. The van der Waals surface area contributed by atoms with E-state index in [2.05, 4.69) is 33.0 Å². The van der Waals surface area contributed by atoms with Gasteiger partial charge in [0.25, 0.3) is 0 Å². The van der Waals surface area contributed by atoms with Crippen LogP contribution in [0.4, 0.5) is 0 Å². The number of carbonyl (C=O) groups excluding carboxylic acids is 2. The molecule has 1 fully saturated rings. The first kappa shape index (κ1) is 16.0. The third kappa shape index (κ3) is 3.28. The van der Waals surface area contributed by atoms with Crippen LogP contribution in [0.25, 0.3) is 0 Å². The topological polar surface area (TPSA) is 49.4 Å². The molecule has 0 radical (unpaired) electrons. The molecule has 2 amide bonds. The fourth-order valence-electron chi connectivity index (χ4n) is 2.35. The summed E-state index contributed by atoms with van der Waals surface area (Å²) in [5.41, 5.74) is 0.000139. The van der Waals surface area contributed by atoms with Gasteiger partial charge in [-0.2, -0.15) is 0 Å². The summed E-state index contributed by atoms with van der Waals surface area (Å²) in [5.74, 6) is 0.585. The van der Waals surface area contributed by atoms with Crippen LogP contribution in [0.5, 0.6) is 0 Å².